The topological polar surface area (TPSA) is 45.6 Å². The highest BCUT2D eigenvalue weighted by Gasteiger charge is 2.36. The fourth-order valence-corrected chi connectivity index (χ4v) is 4.93. The Labute approximate surface area is 212 Å². The van der Waals surface area contributed by atoms with Crippen LogP contribution in [0.15, 0.2) is 97.2 Å². The maximum Gasteiger partial charge on any atom is 0.254 e. The number of carbonyl (C=O) groups excluding carboxylic acids is 2. The third-order valence-electron chi connectivity index (χ3n) is 6.80. The molecule has 0 radical (unpaired) electrons. The smallest absolute Gasteiger partial charge is 0.254 e. The Kier molecular flexibility index (Phi) is 6.72. The summed E-state index contributed by atoms with van der Waals surface area (Å²) >= 11 is 0. The summed E-state index contributed by atoms with van der Waals surface area (Å²) in [7, 11) is 0. The molecule has 1 atom stereocenters. The largest absolute Gasteiger partial charge is 0.329 e. The molecule has 1 unspecified atom stereocenters. The van der Waals surface area contributed by atoms with Crippen molar-refractivity contribution in [1.82, 2.24) is 9.47 Å². The van der Waals surface area contributed by atoms with E-state index in [2.05, 4.69) is 29.7 Å². The van der Waals surface area contributed by atoms with Crippen LogP contribution >= 0.6 is 0 Å². The minimum atomic E-state index is -0.286. The number of aromatic nitrogens is 1. The van der Waals surface area contributed by atoms with Gasteiger partial charge in [-0.15, -0.1) is 0 Å². The molecule has 4 aromatic rings. The minimum absolute atomic E-state index is 0.0189. The molecule has 0 bridgehead atoms. The maximum atomic E-state index is 14.2. The number of para-hydroxylation sites is 2. The number of carbonyl (C=O) groups is 2. The van der Waals surface area contributed by atoms with Crippen LogP contribution in [0.4, 0.5) is 5.69 Å². The van der Waals surface area contributed by atoms with E-state index in [0.29, 0.717) is 12.1 Å². The Bertz CT molecular complexity index is 1360. The van der Waals surface area contributed by atoms with Gasteiger partial charge < -0.3 is 9.47 Å². The predicted molar refractivity (Wildman–Crippen MR) is 144 cm³/mol. The fourth-order valence-electron chi connectivity index (χ4n) is 4.93. The van der Waals surface area contributed by atoms with E-state index < -0.39 is 0 Å². The summed E-state index contributed by atoms with van der Waals surface area (Å²) in [5, 5.41) is 0. The highest BCUT2D eigenvalue weighted by Crippen LogP contribution is 2.42. The summed E-state index contributed by atoms with van der Waals surface area (Å²) in [6.07, 6.45) is 3.82. The third-order valence-corrected chi connectivity index (χ3v) is 6.80. The average molecular weight is 478 g/mol. The molecule has 0 spiro atoms. The van der Waals surface area contributed by atoms with E-state index in [4.69, 9.17) is 0 Å². The number of rotatable bonds is 7. The van der Waals surface area contributed by atoms with Crippen LogP contribution in [0.1, 0.15) is 53.0 Å². The molecule has 0 fully saturated rings. The second kappa shape index (κ2) is 10.2. The van der Waals surface area contributed by atoms with E-state index in [1.165, 1.54) is 0 Å². The number of anilines is 1. The molecule has 1 aromatic heterocycles. The van der Waals surface area contributed by atoms with Gasteiger partial charge in [-0.1, -0.05) is 73.5 Å². The van der Waals surface area contributed by atoms with Crippen LogP contribution in [0.2, 0.25) is 0 Å². The van der Waals surface area contributed by atoms with E-state index in [9.17, 15) is 9.59 Å². The summed E-state index contributed by atoms with van der Waals surface area (Å²) in [6, 6.07) is 29.4. The summed E-state index contributed by atoms with van der Waals surface area (Å²) in [5.41, 5.74) is 5.57. The van der Waals surface area contributed by atoms with Gasteiger partial charge in [0.1, 0.15) is 12.6 Å². The van der Waals surface area contributed by atoms with E-state index in [1.54, 1.807) is 4.90 Å². The molecule has 1 aliphatic heterocycles. The summed E-state index contributed by atoms with van der Waals surface area (Å²) in [4.78, 5) is 31.2. The molecule has 3 aromatic carbocycles. The number of aryl methyl sites for hydroxylation is 1. The van der Waals surface area contributed by atoms with Gasteiger partial charge in [0.25, 0.3) is 5.91 Å². The molecule has 2 heterocycles. The van der Waals surface area contributed by atoms with Crippen molar-refractivity contribution in [1.29, 1.82) is 0 Å². The van der Waals surface area contributed by atoms with Crippen molar-refractivity contribution in [3.63, 3.8) is 0 Å². The van der Waals surface area contributed by atoms with E-state index in [-0.39, 0.29) is 24.4 Å². The standard InChI is InChI=1S/C31H31N3O2/c1-3-4-20-32(31(36)25-18-16-23(2)17-19-25)22-29(35)34-27-14-9-8-13-26(27)33-21-10-15-28(33)30(34)24-11-6-5-7-12-24/h5-19,21,30H,3-4,20,22H2,1-2H3. The first-order valence-electron chi connectivity index (χ1n) is 12.6. The van der Waals surface area contributed by atoms with Gasteiger partial charge in [0.15, 0.2) is 0 Å². The lowest BCUT2D eigenvalue weighted by Gasteiger charge is -2.39. The second-order valence-corrected chi connectivity index (χ2v) is 9.32. The van der Waals surface area contributed by atoms with Crippen LogP contribution in [0.3, 0.4) is 0 Å². The normalized spacial score (nSPS) is 14.2. The molecule has 1 aliphatic rings. The lowest BCUT2D eigenvalue weighted by Crippen LogP contribution is -2.47. The van der Waals surface area contributed by atoms with Crippen LogP contribution in [0.25, 0.3) is 5.69 Å². The number of benzene rings is 3. The molecule has 5 heteroatoms. The molecule has 5 nitrogen and oxygen atoms in total. The summed E-state index contributed by atoms with van der Waals surface area (Å²) in [6.45, 7) is 4.65. The molecular formula is C31H31N3O2. The summed E-state index contributed by atoms with van der Waals surface area (Å²) in [5.74, 6) is -0.206. The van der Waals surface area contributed by atoms with Crippen LogP contribution in [0.5, 0.6) is 0 Å². The van der Waals surface area contributed by atoms with Gasteiger partial charge in [0.2, 0.25) is 5.91 Å². The van der Waals surface area contributed by atoms with Crippen LogP contribution in [-0.4, -0.2) is 34.4 Å². The molecule has 182 valence electrons. The minimum Gasteiger partial charge on any atom is -0.329 e. The lowest BCUT2D eigenvalue weighted by atomic mass is 9.97. The Balaban J connectivity index is 1.54. The molecule has 2 amide bonds. The van der Waals surface area contributed by atoms with Crippen molar-refractivity contribution in [2.24, 2.45) is 0 Å². The van der Waals surface area contributed by atoms with Gasteiger partial charge in [-0.2, -0.15) is 0 Å². The number of fused-ring (bicyclic) bond motifs is 3. The van der Waals surface area contributed by atoms with Crippen molar-refractivity contribution in [2.75, 3.05) is 18.0 Å². The fraction of sp³-hybridized carbons (Fsp3) is 0.226. The number of amides is 2. The molecule has 5 rings (SSSR count). The molecule has 0 saturated heterocycles. The monoisotopic (exact) mass is 477 g/mol. The average Bonchev–Trinajstić information content (AvgIpc) is 3.41. The summed E-state index contributed by atoms with van der Waals surface area (Å²) < 4.78 is 2.16. The zero-order chi connectivity index (χ0) is 25.1. The van der Waals surface area contributed by atoms with Gasteiger partial charge in [-0.25, -0.2) is 0 Å². The maximum absolute atomic E-state index is 14.2. The first kappa shape index (κ1) is 23.6. The zero-order valence-corrected chi connectivity index (χ0v) is 20.8. The molecular weight excluding hydrogens is 446 g/mol. The predicted octanol–water partition coefficient (Wildman–Crippen LogP) is 6.16. The van der Waals surface area contributed by atoms with Crippen molar-refractivity contribution in [2.45, 2.75) is 32.7 Å². The van der Waals surface area contributed by atoms with E-state index in [0.717, 1.165) is 41.0 Å². The number of hydrogen-bond acceptors (Lipinski definition) is 2. The van der Waals surface area contributed by atoms with Crippen molar-refractivity contribution < 1.29 is 9.59 Å². The molecule has 0 saturated carbocycles. The molecule has 0 N–H and O–H groups in total. The van der Waals surface area contributed by atoms with Gasteiger partial charge in [0.05, 0.1) is 17.1 Å². The highest BCUT2D eigenvalue weighted by molar-refractivity contribution is 6.02. The Morgan fingerprint density at radius 2 is 1.53 bits per heavy atom. The van der Waals surface area contributed by atoms with Crippen molar-refractivity contribution in [3.05, 3.63) is 120 Å². The van der Waals surface area contributed by atoms with Gasteiger partial charge in [0, 0.05) is 18.3 Å². The SMILES string of the molecule is CCCCN(CC(=O)N1c2ccccc2-n2cccc2C1c1ccccc1)C(=O)c1ccc(C)cc1. The van der Waals surface area contributed by atoms with Gasteiger partial charge >= 0.3 is 0 Å². The first-order valence-corrected chi connectivity index (χ1v) is 12.6. The van der Waals surface area contributed by atoms with Crippen LogP contribution in [0, 0.1) is 6.92 Å². The second-order valence-electron chi connectivity index (χ2n) is 9.32. The number of hydrogen-bond donors (Lipinski definition) is 0. The first-order chi connectivity index (χ1) is 17.6. The van der Waals surface area contributed by atoms with E-state index >= 15 is 0 Å². The van der Waals surface area contributed by atoms with Gasteiger partial charge in [-0.3, -0.25) is 14.5 Å². The lowest BCUT2D eigenvalue weighted by molar-refractivity contribution is -0.119. The molecule has 36 heavy (non-hydrogen) atoms. The highest BCUT2D eigenvalue weighted by atomic mass is 16.2. The van der Waals surface area contributed by atoms with Crippen LogP contribution < -0.4 is 4.90 Å². The van der Waals surface area contributed by atoms with Crippen LogP contribution in [-0.2, 0) is 4.79 Å². The third kappa shape index (κ3) is 4.44. The van der Waals surface area contributed by atoms with Crippen molar-refractivity contribution in [3.8, 4) is 5.69 Å². The van der Waals surface area contributed by atoms with E-state index in [1.807, 2.05) is 90.8 Å². The zero-order valence-electron chi connectivity index (χ0n) is 20.8. The Hall–Kier alpha value is -4.12. The number of unbranched alkanes of at least 4 members (excludes halogenated alkanes) is 1. The quantitative estimate of drug-likeness (QED) is 0.320. The van der Waals surface area contributed by atoms with Gasteiger partial charge in [-0.05, 0) is 55.3 Å². The molecule has 0 aliphatic carbocycles. The number of nitrogens with zero attached hydrogens (tertiary/aromatic N) is 3. The Morgan fingerprint density at radius 3 is 2.25 bits per heavy atom. The Morgan fingerprint density at radius 1 is 0.833 bits per heavy atom. The van der Waals surface area contributed by atoms with Crippen molar-refractivity contribution >= 4 is 17.5 Å².